The first-order valence-electron chi connectivity index (χ1n) is 15.9. The number of carbonyl (C=O) groups is 2. The molecule has 3 saturated carbocycles. The van der Waals surface area contributed by atoms with Crippen LogP contribution in [-0.4, -0.2) is 78.5 Å². The van der Waals surface area contributed by atoms with Crippen LogP contribution in [-0.2, 0) is 14.3 Å². The zero-order valence-electron chi connectivity index (χ0n) is 24.4. The molecule has 2 heterocycles. The zero-order chi connectivity index (χ0) is 27.4. The summed E-state index contributed by atoms with van der Waals surface area (Å²) in [7, 11) is 0. The maximum absolute atomic E-state index is 13.1. The van der Waals surface area contributed by atoms with Gasteiger partial charge in [-0.3, -0.25) is 4.79 Å². The minimum Gasteiger partial charge on any atom is -0.441 e. The standard InChI is InChI=1S/C32H50N2O5/c1-21(4-9-29(36)33-14-16-34(17-15-33)30(37)39-24-19-38-20-24)26-7-8-27-25-6-5-22-18-23(35)10-12-31(22,2)28(25)11-13-32(26,27)3/h5,21,23-28,35H,4,6-20H2,1-3H3/t21-,23+,25+,26-,27+,28+,31+,32-/m1/s1. The Bertz CT molecular complexity index is 972. The van der Waals surface area contributed by atoms with Crippen molar-refractivity contribution in [1.29, 1.82) is 0 Å². The van der Waals surface area contributed by atoms with E-state index in [0.717, 1.165) is 43.4 Å². The molecule has 39 heavy (non-hydrogen) atoms. The smallest absolute Gasteiger partial charge is 0.410 e. The monoisotopic (exact) mass is 542 g/mol. The lowest BCUT2D eigenvalue weighted by molar-refractivity contribution is -0.134. The van der Waals surface area contributed by atoms with Gasteiger partial charge in [-0.2, -0.15) is 0 Å². The lowest BCUT2D eigenvalue weighted by atomic mass is 9.47. The van der Waals surface area contributed by atoms with Crippen molar-refractivity contribution in [2.45, 2.75) is 97.2 Å². The van der Waals surface area contributed by atoms with Crippen LogP contribution in [0.1, 0.15) is 85.0 Å². The SMILES string of the molecule is C[C@H](CCC(=O)N1CCN(C(=O)OC2COC2)CC1)[C@H]1CC[C@H]2[C@@H]3CC=C4C[C@@H](O)CC[C@]4(C)[C@H]3CC[C@]12C. The molecule has 1 N–H and O–H groups in total. The number of allylic oxidation sites excluding steroid dienone is 1. The van der Waals surface area contributed by atoms with Crippen LogP contribution < -0.4 is 0 Å². The van der Waals surface area contributed by atoms with Crippen LogP contribution in [0.3, 0.4) is 0 Å². The van der Waals surface area contributed by atoms with Crippen molar-refractivity contribution in [3.63, 3.8) is 0 Å². The van der Waals surface area contributed by atoms with Crippen molar-refractivity contribution in [3.8, 4) is 0 Å². The van der Waals surface area contributed by atoms with E-state index in [1.165, 1.54) is 32.1 Å². The Hall–Kier alpha value is -1.60. The summed E-state index contributed by atoms with van der Waals surface area (Å²) in [6.45, 7) is 10.8. The molecule has 0 aromatic heterocycles. The largest absolute Gasteiger partial charge is 0.441 e. The van der Waals surface area contributed by atoms with Crippen molar-refractivity contribution in [3.05, 3.63) is 11.6 Å². The summed E-state index contributed by atoms with van der Waals surface area (Å²) in [4.78, 5) is 29.1. The van der Waals surface area contributed by atoms with E-state index in [1.54, 1.807) is 10.5 Å². The molecule has 0 spiro atoms. The van der Waals surface area contributed by atoms with Crippen LogP contribution in [0.4, 0.5) is 4.79 Å². The molecule has 2 aliphatic heterocycles. The highest BCUT2D eigenvalue weighted by Crippen LogP contribution is 2.67. The lowest BCUT2D eigenvalue weighted by Crippen LogP contribution is -2.52. The number of piperazine rings is 1. The van der Waals surface area contributed by atoms with Crippen LogP contribution in [0.25, 0.3) is 0 Å². The fraction of sp³-hybridized carbons (Fsp3) is 0.875. The van der Waals surface area contributed by atoms with Crippen molar-refractivity contribution < 1.29 is 24.2 Å². The highest BCUT2D eigenvalue weighted by Gasteiger charge is 2.59. The number of nitrogens with zero attached hydrogens (tertiary/aromatic N) is 2. The first kappa shape index (κ1) is 27.6. The second-order valence-electron chi connectivity index (χ2n) is 14.3. The molecule has 218 valence electrons. The number of aliphatic hydroxyl groups excluding tert-OH is 1. The van der Waals surface area contributed by atoms with E-state index < -0.39 is 0 Å². The van der Waals surface area contributed by atoms with Gasteiger partial charge < -0.3 is 24.4 Å². The third-order valence-electron chi connectivity index (χ3n) is 12.4. The van der Waals surface area contributed by atoms with Crippen molar-refractivity contribution in [2.75, 3.05) is 39.4 Å². The summed E-state index contributed by atoms with van der Waals surface area (Å²) in [5.41, 5.74) is 2.24. The van der Waals surface area contributed by atoms with E-state index in [1.807, 2.05) is 4.90 Å². The second-order valence-corrected chi connectivity index (χ2v) is 14.3. The number of hydrogen-bond donors (Lipinski definition) is 1. The number of carbonyl (C=O) groups excluding carboxylic acids is 2. The lowest BCUT2D eigenvalue weighted by Gasteiger charge is -2.58. The van der Waals surface area contributed by atoms with E-state index in [-0.39, 0.29) is 24.2 Å². The molecule has 8 atom stereocenters. The summed E-state index contributed by atoms with van der Waals surface area (Å²) < 4.78 is 10.5. The number of rotatable bonds is 5. The normalized spacial score (nSPS) is 41.0. The molecular formula is C32H50N2O5. The molecule has 0 aromatic carbocycles. The highest BCUT2D eigenvalue weighted by molar-refractivity contribution is 5.76. The molecule has 4 aliphatic carbocycles. The van der Waals surface area contributed by atoms with E-state index in [4.69, 9.17) is 9.47 Å². The van der Waals surface area contributed by atoms with E-state index >= 15 is 0 Å². The van der Waals surface area contributed by atoms with Gasteiger partial charge in [0.1, 0.15) is 0 Å². The summed E-state index contributed by atoms with van der Waals surface area (Å²) >= 11 is 0. The van der Waals surface area contributed by atoms with Gasteiger partial charge in [-0.25, -0.2) is 4.79 Å². The minimum atomic E-state index is -0.275. The summed E-state index contributed by atoms with van der Waals surface area (Å²) in [6.07, 6.45) is 13.1. The molecule has 5 fully saturated rings. The summed E-state index contributed by atoms with van der Waals surface area (Å²) in [5, 5.41) is 10.3. The number of amides is 2. The third kappa shape index (κ3) is 4.94. The topological polar surface area (TPSA) is 79.3 Å². The number of aliphatic hydroxyl groups is 1. The molecule has 2 saturated heterocycles. The number of hydrogen-bond acceptors (Lipinski definition) is 5. The predicted molar refractivity (Wildman–Crippen MR) is 149 cm³/mol. The summed E-state index contributed by atoms with van der Waals surface area (Å²) in [5.74, 6) is 3.84. The van der Waals surface area contributed by atoms with E-state index in [0.29, 0.717) is 68.5 Å². The van der Waals surface area contributed by atoms with Crippen LogP contribution in [0.15, 0.2) is 11.6 Å². The third-order valence-corrected chi connectivity index (χ3v) is 12.4. The maximum atomic E-state index is 13.1. The quantitative estimate of drug-likeness (QED) is 0.494. The fourth-order valence-corrected chi connectivity index (χ4v) is 9.97. The van der Waals surface area contributed by atoms with Crippen molar-refractivity contribution in [2.24, 2.45) is 40.4 Å². The van der Waals surface area contributed by atoms with Gasteiger partial charge in [0.25, 0.3) is 0 Å². The summed E-state index contributed by atoms with van der Waals surface area (Å²) in [6, 6.07) is 0. The maximum Gasteiger partial charge on any atom is 0.410 e. The Morgan fingerprint density at radius 1 is 1.05 bits per heavy atom. The van der Waals surface area contributed by atoms with Crippen LogP contribution >= 0.6 is 0 Å². The molecular weight excluding hydrogens is 492 g/mol. The van der Waals surface area contributed by atoms with Gasteiger partial charge in [-0.1, -0.05) is 32.4 Å². The molecule has 0 radical (unpaired) electrons. The van der Waals surface area contributed by atoms with Gasteiger partial charge in [0.05, 0.1) is 19.3 Å². The molecule has 0 bridgehead atoms. The zero-order valence-corrected chi connectivity index (χ0v) is 24.4. The average molecular weight is 543 g/mol. The molecule has 7 heteroatoms. The number of fused-ring (bicyclic) bond motifs is 5. The first-order valence-corrected chi connectivity index (χ1v) is 15.9. The van der Waals surface area contributed by atoms with E-state index in [2.05, 4.69) is 26.8 Å². The van der Waals surface area contributed by atoms with Gasteiger partial charge in [-0.05, 0) is 98.2 Å². The van der Waals surface area contributed by atoms with Crippen molar-refractivity contribution >= 4 is 12.0 Å². The molecule has 0 unspecified atom stereocenters. The van der Waals surface area contributed by atoms with Crippen molar-refractivity contribution in [1.82, 2.24) is 9.80 Å². The molecule has 6 rings (SSSR count). The van der Waals surface area contributed by atoms with Gasteiger partial charge >= 0.3 is 6.09 Å². The Balaban J connectivity index is 1.01. The van der Waals surface area contributed by atoms with Gasteiger partial charge in [0.2, 0.25) is 5.91 Å². The fourth-order valence-electron chi connectivity index (χ4n) is 9.97. The van der Waals surface area contributed by atoms with Gasteiger partial charge in [-0.15, -0.1) is 0 Å². The predicted octanol–water partition coefficient (Wildman–Crippen LogP) is 5.02. The van der Waals surface area contributed by atoms with E-state index in [9.17, 15) is 14.7 Å². The Morgan fingerprint density at radius 3 is 2.51 bits per heavy atom. The first-order chi connectivity index (χ1) is 18.7. The molecule has 2 amide bonds. The second kappa shape index (κ2) is 10.7. The van der Waals surface area contributed by atoms with Crippen LogP contribution in [0.2, 0.25) is 0 Å². The molecule has 6 aliphatic rings. The van der Waals surface area contributed by atoms with Crippen LogP contribution in [0, 0.1) is 40.4 Å². The number of ether oxygens (including phenoxy) is 2. The van der Waals surface area contributed by atoms with Crippen LogP contribution in [0.5, 0.6) is 0 Å². The average Bonchev–Trinajstić information content (AvgIpc) is 3.27. The Labute approximate surface area is 234 Å². The molecule has 7 nitrogen and oxygen atoms in total. The minimum absolute atomic E-state index is 0.109. The Morgan fingerprint density at radius 2 is 1.79 bits per heavy atom. The molecule has 0 aromatic rings. The Kier molecular flexibility index (Phi) is 7.54. The van der Waals surface area contributed by atoms with Gasteiger partial charge in [0, 0.05) is 32.6 Å². The van der Waals surface area contributed by atoms with Gasteiger partial charge in [0.15, 0.2) is 6.10 Å². The highest BCUT2D eigenvalue weighted by atomic mass is 16.6.